The van der Waals surface area contributed by atoms with Crippen LogP contribution in [0.3, 0.4) is 0 Å². The molecule has 0 rings (SSSR count). The number of alkyl halides is 1. The van der Waals surface area contributed by atoms with Gasteiger partial charge in [0.25, 0.3) is 0 Å². The van der Waals surface area contributed by atoms with Crippen molar-refractivity contribution in [3.05, 3.63) is 0 Å². The predicted molar refractivity (Wildman–Crippen MR) is 67.0 cm³/mol. The molecule has 0 bridgehead atoms. The van der Waals surface area contributed by atoms with Crippen LogP contribution in [0.15, 0.2) is 0 Å². The molecule has 0 saturated carbocycles. The van der Waals surface area contributed by atoms with Gasteiger partial charge in [0, 0.05) is 5.38 Å². The van der Waals surface area contributed by atoms with E-state index < -0.39 is 0 Å². The van der Waals surface area contributed by atoms with E-state index in [2.05, 4.69) is 34.6 Å². The fourth-order valence-corrected chi connectivity index (χ4v) is 1.83. The van der Waals surface area contributed by atoms with Crippen LogP contribution < -0.4 is 0 Å². The fourth-order valence-electron chi connectivity index (χ4n) is 1.49. The summed E-state index contributed by atoms with van der Waals surface area (Å²) in [7, 11) is 0. The Hall–Kier alpha value is 0.290. The Labute approximate surface area is 95.4 Å². The first-order valence-electron chi connectivity index (χ1n) is 6.07. The number of hydrogen-bond donors (Lipinski definition) is 0. The van der Waals surface area contributed by atoms with E-state index in [9.17, 15) is 0 Å². The van der Waals surface area contributed by atoms with Gasteiger partial charge >= 0.3 is 0 Å². The summed E-state index contributed by atoms with van der Waals surface area (Å²) in [5.41, 5.74) is 0.506. The molecule has 0 N–H and O–H groups in total. The summed E-state index contributed by atoms with van der Waals surface area (Å²) in [5.74, 6) is 0.668. The van der Waals surface area contributed by atoms with E-state index in [0.717, 1.165) is 0 Å². The molecule has 0 radical (unpaired) electrons. The smallest absolute Gasteiger partial charge is 0.0361 e. The van der Waals surface area contributed by atoms with Crippen molar-refractivity contribution in [1.29, 1.82) is 0 Å². The SMILES string of the molecule is CCC(C)C(Cl)CCCC(C)(C)CC. The van der Waals surface area contributed by atoms with Crippen molar-refractivity contribution in [2.24, 2.45) is 11.3 Å². The molecule has 0 aromatic heterocycles. The Morgan fingerprint density at radius 2 is 1.79 bits per heavy atom. The van der Waals surface area contributed by atoms with Crippen LogP contribution in [0, 0.1) is 11.3 Å². The number of hydrogen-bond acceptors (Lipinski definition) is 0. The Morgan fingerprint density at radius 1 is 1.21 bits per heavy atom. The van der Waals surface area contributed by atoms with E-state index in [4.69, 9.17) is 11.6 Å². The maximum absolute atomic E-state index is 6.30. The third-order valence-electron chi connectivity index (χ3n) is 3.55. The molecule has 0 heterocycles. The third-order valence-corrected chi connectivity index (χ3v) is 4.20. The first-order valence-corrected chi connectivity index (χ1v) is 6.50. The first-order chi connectivity index (χ1) is 6.43. The lowest BCUT2D eigenvalue weighted by Crippen LogP contribution is -2.13. The van der Waals surface area contributed by atoms with Crippen molar-refractivity contribution in [2.45, 2.75) is 72.1 Å². The summed E-state index contributed by atoms with van der Waals surface area (Å²) in [6, 6.07) is 0. The van der Waals surface area contributed by atoms with Crippen molar-refractivity contribution in [3.8, 4) is 0 Å². The van der Waals surface area contributed by atoms with E-state index >= 15 is 0 Å². The third kappa shape index (κ3) is 5.90. The Bertz CT molecular complexity index is 140. The molecule has 0 aromatic carbocycles. The van der Waals surface area contributed by atoms with E-state index in [1.807, 2.05) is 0 Å². The number of rotatable bonds is 7. The minimum Gasteiger partial charge on any atom is -0.123 e. The molecule has 0 spiro atoms. The maximum Gasteiger partial charge on any atom is 0.0361 e. The second-order valence-electron chi connectivity index (χ2n) is 5.31. The molecule has 0 fully saturated rings. The van der Waals surface area contributed by atoms with Gasteiger partial charge in [-0.3, -0.25) is 0 Å². The molecule has 0 aliphatic carbocycles. The second-order valence-corrected chi connectivity index (χ2v) is 5.87. The summed E-state index contributed by atoms with van der Waals surface area (Å²) in [6.45, 7) is 11.4. The van der Waals surface area contributed by atoms with E-state index in [0.29, 0.717) is 16.7 Å². The molecule has 0 aliphatic heterocycles. The zero-order chi connectivity index (χ0) is 11.2. The second kappa shape index (κ2) is 6.71. The fraction of sp³-hybridized carbons (Fsp3) is 1.00. The maximum atomic E-state index is 6.30. The summed E-state index contributed by atoms with van der Waals surface area (Å²) in [6.07, 6.45) is 6.23. The van der Waals surface area contributed by atoms with Crippen LogP contribution in [0.25, 0.3) is 0 Å². The topological polar surface area (TPSA) is 0 Å². The molecule has 2 unspecified atom stereocenters. The Morgan fingerprint density at radius 3 is 2.21 bits per heavy atom. The van der Waals surface area contributed by atoms with E-state index in [-0.39, 0.29) is 0 Å². The van der Waals surface area contributed by atoms with Crippen molar-refractivity contribution in [2.75, 3.05) is 0 Å². The van der Waals surface area contributed by atoms with Gasteiger partial charge in [-0.05, 0) is 24.2 Å². The normalized spacial score (nSPS) is 16.7. The van der Waals surface area contributed by atoms with E-state index in [1.165, 1.54) is 32.1 Å². The number of halogens is 1. The lowest BCUT2D eigenvalue weighted by atomic mass is 9.84. The molecule has 0 saturated heterocycles. The quantitative estimate of drug-likeness (QED) is 0.513. The van der Waals surface area contributed by atoms with Gasteiger partial charge in [-0.15, -0.1) is 11.6 Å². The minimum absolute atomic E-state index is 0.382. The van der Waals surface area contributed by atoms with Gasteiger partial charge in [-0.1, -0.05) is 53.9 Å². The average molecular weight is 219 g/mol. The van der Waals surface area contributed by atoms with E-state index in [1.54, 1.807) is 0 Å². The molecular formula is C13H27Cl. The van der Waals surface area contributed by atoms with Crippen LogP contribution >= 0.6 is 11.6 Å². The van der Waals surface area contributed by atoms with Crippen LogP contribution in [-0.4, -0.2) is 5.38 Å². The first kappa shape index (κ1) is 14.3. The van der Waals surface area contributed by atoms with Crippen LogP contribution in [0.1, 0.15) is 66.7 Å². The van der Waals surface area contributed by atoms with Gasteiger partial charge in [0.05, 0.1) is 0 Å². The Balaban J connectivity index is 3.63. The van der Waals surface area contributed by atoms with Crippen molar-refractivity contribution < 1.29 is 0 Å². The largest absolute Gasteiger partial charge is 0.123 e. The molecule has 0 aromatic rings. The molecule has 14 heavy (non-hydrogen) atoms. The monoisotopic (exact) mass is 218 g/mol. The van der Waals surface area contributed by atoms with Gasteiger partial charge in [-0.25, -0.2) is 0 Å². The highest BCUT2D eigenvalue weighted by molar-refractivity contribution is 6.20. The summed E-state index contributed by atoms with van der Waals surface area (Å²) in [4.78, 5) is 0. The molecule has 1 heteroatoms. The van der Waals surface area contributed by atoms with Crippen molar-refractivity contribution in [3.63, 3.8) is 0 Å². The summed E-state index contributed by atoms with van der Waals surface area (Å²) >= 11 is 6.30. The molecule has 0 nitrogen and oxygen atoms in total. The van der Waals surface area contributed by atoms with Gasteiger partial charge in [0.1, 0.15) is 0 Å². The van der Waals surface area contributed by atoms with Crippen LogP contribution in [0.4, 0.5) is 0 Å². The van der Waals surface area contributed by atoms with Crippen molar-refractivity contribution >= 4 is 11.6 Å². The van der Waals surface area contributed by atoms with Gasteiger partial charge in [0.2, 0.25) is 0 Å². The Kier molecular flexibility index (Phi) is 6.85. The molecule has 86 valence electrons. The highest BCUT2D eigenvalue weighted by atomic mass is 35.5. The van der Waals surface area contributed by atoms with Gasteiger partial charge in [0.15, 0.2) is 0 Å². The van der Waals surface area contributed by atoms with Crippen LogP contribution in [0.5, 0.6) is 0 Å². The lowest BCUT2D eigenvalue weighted by Gasteiger charge is -2.24. The summed E-state index contributed by atoms with van der Waals surface area (Å²) in [5, 5.41) is 0.382. The molecular weight excluding hydrogens is 192 g/mol. The highest BCUT2D eigenvalue weighted by Crippen LogP contribution is 2.29. The van der Waals surface area contributed by atoms with Gasteiger partial charge < -0.3 is 0 Å². The molecule has 0 aliphatic rings. The highest BCUT2D eigenvalue weighted by Gasteiger charge is 2.17. The summed E-state index contributed by atoms with van der Waals surface area (Å²) < 4.78 is 0. The molecule has 0 amide bonds. The van der Waals surface area contributed by atoms with Crippen LogP contribution in [-0.2, 0) is 0 Å². The van der Waals surface area contributed by atoms with Crippen molar-refractivity contribution in [1.82, 2.24) is 0 Å². The van der Waals surface area contributed by atoms with Gasteiger partial charge in [-0.2, -0.15) is 0 Å². The molecule has 2 atom stereocenters. The van der Waals surface area contributed by atoms with Crippen LogP contribution in [0.2, 0.25) is 0 Å². The zero-order valence-corrected chi connectivity index (χ0v) is 11.3. The predicted octanol–water partition coefficient (Wildman–Crippen LogP) is 5.25. The lowest BCUT2D eigenvalue weighted by molar-refractivity contribution is 0.304. The zero-order valence-electron chi connectivity index (χ0n) is 10.6. The minimum atomic E-state index is 0.382. The standard InChI is InChI=1S/C13H27Cl/c1-6-11(3)12(14)9-8-10-13(4,5)7-2/h11-12H,6-10H2,1-5H3. The average Bonchev–Trinajstić information content (AvgIpc) is 2.16.